The van der Waals surface area contributed by atoms with Crippen molar-refractivity contribution in [3.05, 3.63) is 87.7 Å². The van der Waals surface area contributed by atoms with Crippen molar-refractivity contribution in [3.8, 4) is 11.1 Å². The second-order valence-electron chi connectivity index (χ2n) is 7.04. The van der Waals surface area contributed by atoms with Crippen LogP contribution in [0.1, 0.15) is 11.3 Å². The molecular formula is C22H17ClN6O2. The number of hydrogen-bond acceptors (Lipinski definition) is 6. The van der Waals surface area contributed by atoms with Crippen LogP contribution in [0.3, 0.4) is 0 Å². The number of aromatic nitrogens is 6. The summed E-state index contributed by atoms with van der Waals surface area (Å²) in [5, 5.41) is 13.9. The maximum absolute atomic E-state index is 13.1. The Bertz CT molecular complexity index is 1440. The van der Waals surface area contributed by atoms with Crippen LogP contribution >= 0.6 is 11.6 Å². The van der Waals surface area contributed by atoms with Crippen LogP contribution in [0.2, 0.25) is 5.02 Å². The van der Waals surface area contributed by atoms with E-state index in [2.05, 4.69) is 20.3 Å². The van der Waals surface area contributed by atoms with Crippen molar-refractivity contribution in [2.24, 2.45) is 0 Å². The summed E-state index contributed by atoms with van der Waals surface area (Å²) < 4.78 is 8.57. The number of pyridine rings is 2. The van der Waals surface area contributed by atoms with Gasteiger partial charge >= 0.3 is 0 Å². The molecule has 0 unspecified atom stereocenters. The van der Waals surface area contributed by atoms with E-state index in [-0.39, 0.29) is 11.1 Å². The second kappa shape index (κ2) is 7.90. The van der Waals surface area contributed by atoms with Crippen molar-refractivity contribution in [2.45, 2.75) is 13.2 Å². The molecule has 0 aliphatic rings. The lowest BCUT2D eigenvalue weighted by Gasteiger charge is -2.07. The first-order chi connectivity index (χ1) is 15.2. The van der Waals surface area contributed by atoms with Gasteiger partial charge in [0.25, 0.3) is 5.56 Å². The Hall–Kier alpha value is -3.62. The van der Waals surface area contributed by atoms with Crippen molar-refractivity contribution in [3.63, 3.8) is 0 Å². The van der Waals surface area contributed by atoms with Gasteiger partial charge in [-0.3, -0.25) is 9.78 Å². The maximum atomic E-state index is 13.1. The highest BCUT2D eigenvalue weighted by atomic mass is 35.5. The molecule has 0 atom stereocenters. The predicted molar refractivity (Wildman–Crippen MR) is 117 cm³/mol. The summed E-state index contributed by atoms with van der Waals surface area (Å²) >= 11 is 6.05. The minimum Gasteiger partial charge on any atom is -0.378 e. The third-order valence-electron chi connectivity index (χ3n) is 5.01. The Morgan fingerprint density at radius 2 is 1.94 bits per heavy atom. The summed E-state index contributed by atoms with van der Waals surface area (Å²) in [5.41, 5.74) is 4.44. The largest absolute Gasteiger partial charge is 0.378 e. The van der Waals surface area contributed by atoms with Gasteiger partial charge in [0.15, 0.2) is 11.2 Å². The molecule has 0 saturated heterocycles. The zero-order valence-electron chi connectivity index (χ0n) is 16.6. The summed E-state index contributed by atoms with van der Waals surface area (Å²) in [5.74, 6) is 0. The fraction of sp³-hybridized carbons (Fsp3) is 0.136. The van der Waals surface area contributed by atoms with E-state index < -0.39 is 0 Å². The lowest BCUT2D eigenvalue weighted by atomic mass is 10.1. The standard InChI is InChI=1S/C22H17ClN6O2/c1-31-13-17-19(15-4-6-16(23)7-5-15)21-26-25-20-18(29(21)27-17)8-10-28(22(20)30)12-14-3-2-9-24-11-14/h2-11H,12-13H2,1H3. The van der Waals surface area contributed by atoms with Crippen LogP contribution in [-0.4, -0.2) is 36.5 Å². The molecule has 0 radical (unpaired) electrons. The molecule has 1 aromatic carbocycles. The van der Waals surface area contributed by atoms with E-state index in [1.165, 1.54) is 0 Å². The zero-order chi connectivity index (χ0) is 21.4. The highest BCUT2D eigenvalue weighted by Crippen LogP contribution is 2.30. The Morgan fingerprint density at radius 3 is 2.68 bits per heavy atom. The average Bonchev–Trinajstić information content (AvgIpc) is 3.15. The van der Waals surface area contributed by atoms with Gasteiger partial charge in [-0.15, -0.1) is 10.2 Å². The third-order valence-corrected chi connectivity index (χ3v) is 5.27. The van der Waals surface area contributed by atoms with Gasteiger partial charge in [-0.2, -0.15) is 5.10 Å². The Kier molecular flexibility index (Phi) is 4.93. The van der Waals surface area contributed by atoms with Crippen molar-refractivity contribution in [1.82, 2.24) is 29.4 Å². The molecule has 4 aromatic heterocycles. The molecule has 0 N–H and O–H groups in total. The van der Waals surface area contributed by atoms with Crippen LogP contribution in [0.4, 0.5) is 0 Å². The molecule has 0 aliphatic carbocycles. The summed E-state index contributed by atoms with van der Waals surface area (Å²) in [6, 6.07) is 13.0. The van der Waals surface area contributed by atoms with E-state index in [4.69, 9.17) is 16.3 Å². The fourth-order valence-corrected chi connectivity index (χ4v) is 3.72. The van der Waals surface area contributed by atoms with Gasteiger partial charge < -0.3 is 9.30 Å². The number of nitrogens with zero attached hydrogens (tertiary/aromatic N) is 6. The van der Waals surface area contributed by atoms with Crippen molar-refractivity contribution in [1.29, 1.82) is 0 Å². The molecule has 0 spiro atoms. The first-order valence-electron chi connectivity index (χ1n) is 9.57. The smallest absolute Gasteiger partial charge is 0.280 e. The quantitative estimate of drug-likeness (QED) is 0.423. The van der Waals surface area contributed by atoms with Gasteiger partial charge in [0.05, 0.1) is 24.4 Å². The number of benzene rings is 1. The van der Waals surface area contributed by atoms with Crippen LogP contribution in [-0.2, 0) is 17.9 Å². The molecule has 0 saturated carbocycles. The van der Waals surface area contributed by atoms with Crippen molar-refractivity contribution < 1.29 is 4.74 Å². The monoisotopic (exact) mass is 432 g/mol. The molecule has 5 rings (SSSR count). The molecule has 8 nitrogen and oxygen atoms in total. The molecular weight excluding hydrogens is 416 g/mol. The van der Waals surface area contributed by atoms with Crippen molar-refractivity contribution in [2.75, 3.05) is 7.11 Å². The highest BCUT2D eigenvalue weighted by Gasteiger charge is 2.19. The van der Waals surface area contributed by atoms with Gasteiger partial charge in [-0.25, -0.2) is 4.52 Å². The van der Waals surface area contributed by atoms with Crippen LogP contribution in [0.25, 0.3) is 27.8 Å². The first-order valence-corrected chi connectivity index (χ1v) is 9.94. The minimum atomic E-state index is -0.243. The molecule has 0 amide bonds. The Morgan fingerprint density at radius 1 is 1.10 bits per heavy atom. The topological polar surface area (TPSA) is 87.2 Å². The number of rotatable bonds is 5. The van der Waals surface area contributed by atoms with E-state index in [1.807, 2.05) is 42.5 Å². The number of fused-ring (bicyclic) bond motifs is 3. The van der Waals surface area contributed by atoms with Gasteiger partial charge in [0.2, 0.25) is 0 Å². The summed E-state index contributed by atoms with van der Waals surface area (Å²) in [6.45, 7) is 0.688. The Balaban J connectivity index is 1.70. The predicted octanol–water partition coefficient (Wildman–Crippen LogP) is 3.35. The number of halogens is 1. The highest BCUT2D eigenvalue weighted by molar-refractivity contribution is 6.30. The zero-order valence-corrected chi connectivity index (χ0v) is 17.3. The summed E-state index contributed by atoms with van der Waals surface area (Å²) in [4.78, 5) is 17.2. The van der Waals surface area contributed by atoms with Crippen LogP contribution < -0.4 is 5.56 Å². The van der Waals surface area contributed by atoms with Crippen LogP contribution in [0, 0.1) is 0 Å². The second-order valence-corrected chi connectivity index (χ2v) is 7.48. The molecule has 9 heteroatoms. The van der Waals surface area contributed by atoms with Gasteiger partial charge in [-0.1, -0.05) is 29.8 Å². The van der Waals surface area contributed by atoms with Gasteiger partial charge in [0, 0.05) is 30.7 Å². The van der Waals surface area contributed by atoms with E-state index in [9.17, 15) is 4.79 Å². The van der Waals surface area contributed by atoms with Crippen LogP contribution in [0.15, 0.2) is 65.8 Å². The van der Waals surface area contributed by atoms with Crippen LogP contribution in [0.5, 0.6) is 0 Å². The molecule has 154 valence electrons. The van der Waals surface area contributed by atoms with Crippen molar-refractivity contribution >= 4 is 28.3 Å². The number of ether oxygens (including phenoxy) is 1. The lowest BCUT2D eigenvalue weighted by Crippen LogP contribution is -2.22. The van der Waals surface area contributed by atoms with E-state index in [1.54, 1.807) is 34.8 Å². The fourth-order valence-electron chi connectivity index (χ4n) is 3.59. The van der Waals surface area contributed by atoms with E-state index in [0.29, 0.717) is 35.0 Å². The minimum absolute atomic E-state index is 0.243. The molecule has 4 heterocycles. The average molecular weight is 433 g/mol. The summed E-state index contributed by atoms with van der Waals surface area (Å²) in [6.07, 6.45) is 5.16. The third kappa shape index (κ3) is 3.45. The Labute approximate surface area is 181 Å². The molecule has 31 heavy (non-hydrogen) atoms. The SMILES string of the molecule is COCc1nn2c(nnc3c(=O)n(Cc4cccnc4)ccc32)c1-c1ccc(Cl)cc1. The molecule has 5 aromatic rings. The van der Waals surface area contributed by atoms with Gasteiger partial charge in [0.1, 0.15) is 5.52 Å². The molecule has 0 aliphatic heterocycles. The van der Waals surface area contributed by atoms with E-state index in [0.717, 1.165) is 16.7 Å². The normalized spacial score (nSPS) is 11.4. The maximum Gasteiger partial charge on any atom is 0.280 e. The van der Waals surface area contributed by atoms with E-state index >= 15 is 0 Å². The molecule has 0 bridgehead atoms. The molecule has 0 fully saturated rings. The number of methoxy groups -OCH3 is 1. The number of hydrogen-bond donors (Lipinski definition) is 0. The lowest BCUT2D eigenvalue weighted by molar-refractivity contribution is 0.181. The van der Waals surface area contributed by atoms with Gasteiger partial charge in [-0.05, 0) is 35.4 Å². The first kappa shape index (κ1) is 19.3. The summed E-state index contributed by atoms with van der Waals surface area (Å²) in [7, 11) is 1.61.